The molecule has 0 aromatic carbocycles. The Kier molecular flexibility index (Phi) is 4.22. The van der Waals surface area contributed by atoms with Crippen LogP contribution >= 0.6 is 0 Å². The van der Waals surface area contributed by atoms with Gasteiger partial charge in [-0.3, -0.25) is 4.90 Å². The molecule has 4 unspecified atom stereocenters. The number of ether oxygens (including phenoxy) is 1. The van der Waals surface area contributed by atoms with Gasteiger partial charge in [-0.2, -0.15) is 0 Å². The first-order chi connectivity index (χ1) is 7.70. The highest BCUT2D eigenvalue weighted by atomic mass is 16.5. The van der Waals surface area contributed by atoms with Gasteiger partial charge >= 0.3 is 0 Å². The maximum Gasteiger partial charge on any atom is 0.0674 e. The summed E-state index contributed by atoms with van der Waals surface area (Å²) in [7, 11) is 0. The largest absolute Gasteiger partial charge is 0.376 e. The fourth-order valence-electron chi connectivity index (χ4n) is 3.11. The van der Waals surface area contributed by atoms with E-state index >= 15 is 0 Å². The minimum absolute atomic E-state index is 0.389. The highest BCUT2D eigenvalue weighted by Gasteiger charge is 2.31. The highest BCUT2D eigenvalue weighted by molar-refractivity contribution is 4.86. The zero-order chi connectivity index (χ0) is 11.5. The van der Waals surface area contributed by atoms with Crippen LogP contribution in [0.1, 0.15) is 39.5 Å². The Balaban J connectivity index is 1.89. The lowest BCUT2D eigenvalue weighted by atomic mass is 10.0. The second kappa shape index (κ2) is 5.48. The molecule has 0 spiro atoms. The predicted octanol–water partition coefficient (Wildman–Crippen LogP) is 1.61. The molecule has 2 fully saturated rings. The van der Waals surface area contributed by atoms with Gasteiger partial charge in [-0.15, -0.1) is 0 Å². The van der Waals surface area contributed by atoms with Crippen molar-refractivity contribution in [1.82, 2.24) is 4.90 Å². The summed E-state index contributed by atoms with van der Waals surface area (Å²) in [4.78, 5) is 2.62. The van der Waals surface area contributed by atoms with Crippen molar-refractivity contribution >= 4 is 0 Å². The third kappa shape index (κ3) is 2.76. The van der Waals surface area contributed by atoms with E-state index in [4.69, 9.17) is 10.5 Å². The number of hydrogen-bond acceptors (Lipinski definition) is 3. The molecule has 1 saturated heterocycles. The van der Waals surface area contributed by atoms with Gasteiger partial charge in [-0.05, 0) is 32.1 Å². The normalized spacial score (nSPS) is 41.4. The highest BCUT2D eigenvalue weighted by Crippen LogP contribution is 2.27. The van der Waals surface area contributed by atoms with Crippen molar-refractivity contribution in [2.24, 2.45) is 11.7 Å². The lowest BCUT2D eigenvalue weighted by molar-refractivity contribution is -0.0609. The predicted molar refractivity (Wildman–Crippen MR) is 66.4 cm³/mol. The van der Waals surface area contributed by atoms with Crippen LogP contribution in [-0.4, -0.2) is 42.8 Å². The van der Waals surface area contributed by atoms with Crippen LogP contribution in [0.4, 0.5) is 0 Å². The molecule has 2 N–H and O–H groups in total. The van der Waals surface area contributed by atoms with Crippen LogP contribution in [0.3, 0.4) is 0 Å². The first-order valence-corrected chi connectivity index (χ1v) is 6.82. The molecule has 1 aliphatic carbocycles. The maximum atomic E-state index is 6.16. The van der Waals surface area contributed by atoms with Gasteiger partial charge in [0.1, 0.15) is 0 Å². The van der Waals surface area contributed by atoms with Gasteiger partial charge in [0.25, 0.3) is 0 Å². The summed E-state index contributed by atoms with van der Waals surface area (Å²) in [5.74, 6) is 0.722. The topological polar surface area (TPSA) is 38.5 Å². The molecule has 1 aliphatic heterocycles. The summed E-state index contributed by atoms with van der Waals surface area (Å²) in [6, 6.07) is 1.06. The van der Waals surface area contributed by atoms with Crippen molar-refractivity contribution in [3.05, 3.63) is 0 Å². The van der Waals surface area contributed by atoms with Gasteiger partial charge in [0.2, 0.25) is 0 Å². The van der Waals surface area contributed by atoms with Crippen molar-refractivity contribution < 1.29 is 4.74 Å². The second-order valence-corrected chi connectivity index (χ2v) is 5.51. The molecule has 0 amide bonds. The maximum absolute atomic E-state index is 6.16. The summed E-state index contributed by atoms with van der Waals surface area (Å²) in [5, 5.41) is 0. The lowest BCUT2D eigenvalue weighted by Crippen LogP contribution is -2.51. The van der Waals surface area contributed by atoms with E-state index in [1.807, 2.05) is 0 Å². The molecule has 16 heavy (non-hydrogen) atoms. The van der Waals surface area contributed by atoms with E-state index < -0.39 is 0 Å². The van der Waals surface area contributed by atoms with E-state index in [0.29, 0.717) is 18.2 Å². The van der Waals surface area contributed by atoms with E-state index in [-0.39, 0.29) is 0 Å². The van der Waals surface area contributed by atoms with Crippen LogP contribution in [0, 0.1) is 5.92 Å². The van der Waals surface area contributed by atoms with Gasteiger partial charge < -0.3 is 10.5 Å². The quantitative estimate of drug-likeness (QED) is 0.794. The molecule has 4 atom stereocenters. The van der Waals surface area contributed by atoms with E-state index in [0.717, 1.165) is 19.1 Å². The standard InChI is InChI=1S/C13H26N2O/c1-3-12-9-16-10(2)7-15(12)8-11-5-4-6-13(11)14/h10-13H,3-9,14H2,1-2H3. The Bertz CT molecular complexity index is 222. The lowest BCUT2D eigenvalue weighted by Gasteiger charge is -2.40. The van der Waals surface area contributed by atoms with Crippen LogP contribution in [-0.2, 0) is 4.74 Å². The zero-order valence-electron chi connectivity index (χ0n) is 10.7. The van der Waals surface area contributed by atoms with Crippen LogP contribution in [0.5, 0.6) is 0 Å². The average molecular weight is 226 g/mol. The number of morpholine rings is 1. The van der Waals surface area contributed by atoms with Gasteiger partial charge in [0.05, 0.1) is 12.7 Å². The van der Waals surface area contributed by atoms with Crippen molar-refractivity contribution in [1.29, 1.82) is 0 Å². The van der Waals surface area contributed by atoms with Gasteiger partial charge in [0, 0.05) is 25.2 Å². The summed E-state index contributed by atoms with van der Waals surface area (Å²) < 4.78 is 5.73. The van der Waals surface area contributed by atoms with Crippen molar-refractivity contribution in [3.63, 3.8) is 0 Å². The first kappa shape index (κ1) is 12.3. The minimum Gasteiger partial charge on any atom is -0.376 e. The number of hydrogen-bond donors (Lipinski definition) is 1. The van der Waals surface area contributed by atoms with Gasteiger partial charge in [0.15, 0.2) is 0 Å². The molecule has 2 rings (SSSR count). The number of rotatable bonds is 3. The Morgan fingerprint density at radius 1 is 1.38 bits per heavy atom. The third-order valence-electron chi connectivity index (χ3n) is 4.24. The zero-order valence-corrected chi connectivity index (χ0v) is 10.7. The monoisotopic (exact) mass is 226 g/mol. The van der Waals surface area contributed by atoms with E-state index in [1.165, 1.54) is 32.2 Å². The summed E-state index contributed by atoms with van der Waals surface area (Å²) >= 11 is 0. The Morgan fingerprint density at radius 3 is 2.81 bits per heavy atom. The molecule has 0 bridgehead atoms. The summed E-state index contributed by atoms with van der Waals surface area (Å²) in [6.07, 6.45) is 5.45. The number of nitrogens with two attached hydrogens (primary N) is 1. The molecule has 1 heterocycles. The molecular weight excluding hydrogens is 200 g/mol. The fourth-order valence-corrected chi connectivity index (χ4v) is 3.11. The molecular formula is C13H26N2O. The van der Waals surface area contributed by atoms with E-state index in [1.54, 1.807) is 0 Å². The molecule has 0 radical (unpaired) electrons. The Labute approximate surface area is 99.3 Å². The van der Waals surface area contributed by atoms with Gasteiger partial charge in [-0.1, -0.05) is 13.3 Å². The SMILES string of the molecule is CCC1COC(C)CN1CC1CCCC1N. The Hall–Kier alpha value is -0.120. The van der Waals surface area contributed by atoms with Crippen LogP contribution in [0.15, 0.2) is 0 Å². The smallest absolute Gasteiger partial charge is 0.0674 e. The molecule has 2 aliphatic rings. The molecule has 3 nitrogen and oxygen atoms in total. The van der Waals surface area contributed by atoms with E-state index in [2.05, 4.69) is 18.7 Å². The summed E-state index contributed by atoms with van der Waals surface area (Å²) in [6.45, 7) is 7.60. The van der Waals surface area contributed by atoms with Crippen molar-refractivity contribution in [3.8, 4) is 0 Å². The van der Waals surface area contributed by atoms with Crippen LogP contribution < -0.4 is 5.73 Å². The Morgan fingerprint density at radius 2 is 2.19 bits per heavy atom. The molecule has 3 heteroatoms. The minimum atomic E-state index is 0.389. The van der Waals surface area contributed by atoms with Gasteiger partial charge in [-0.25, -0.2) is 0 Å². The number of nitrogens with zero attached hydrogens (tertiary/aromatic N) is 1. The van der Waals surface area contributed by atoms with Crippen LogP contribution in [0.25, 0.3) is 0 Å². The molecule has 0 aromatic heterocycles. The molecule has 94 valence electrons. The second-order valence-electron chi connectivity index (χ2n) is 5.51. The third-order valence-corrected chi connectivity index (χ3v) is 4.24. The first-order valence-electron chi connectivity index (χ1n) is 6.82. The fraction of sp³-hybridized carbons (Fsp3) is 1.00. The van der Waals surface area contributed by atoms with E-state index in [9.17, 15) is 0 Å². The molecule has 0 aromatic rings. The molecule has 1 saturated carbocycles. The van der Waals surface area contributed by atoms with Crippen LogP contribution in [0.2, 0.25) is 0 Å². The summed E-state index contributed by atoms with van der Waals surface area (Å²) in [5.41, 5.74) is 6.16. The van der Waals surface area contributed by atoms with Crippen molar-refractivity contribution in [2.75, 3.05) is 19.7 Å². The average Bonchev–Trinajstić information content (AvgIpc) is 2.65. The van der Waals surface area contributed by atoms with Crippen molar-refractivity contribution in [2.45, 2.75) is 57.7 Å².